The lowest BCUT2D eigenvalue weighted by Gasteiger charge is -2.32. The maximum absolute atomic E-state index is 13.7. The summed E-state index contributed by atoms with van der Waals surface area (Å²) in [6.07, 6.45) is -2.52. The normalized spacial score (nSPS) is 15.5. The molecule has 2 aromatic rings. The number of nitrogens with one attached hydrogen (secondary N) is 1. The Kier molecular flexibility index (Phi) is 5.66. The Hall–Kier alpha value is -2.91. The summed E-state index contributed by atoms with van der Waals surface area (Å²) < 4.78 is 52.3. The maximum atomic E-state index is 13.7. The monoisotopic (exact) mass is 398 g/mol. The van der Waals surface area contributed by atoms with E-state index in [1.54, 1.807) is 6.07 Å². The van der Waals surface area contributed by atoms with E-state index in [2.05, 4.69) is 10.4 Å². The molecule has 0 saturated carbocycles. The number of alkyl halides is 3. The van der Waals surface area contributed by atoms with Gasteiger partial charge in [-0.25, -0.2) is 4.39 Å². The van der Waals surface area contributed by atoms with Gasteiger partial charge in [0.2, 0.25) is 5.91 Å². The molecule has 1 aromatic heterocycles. The molecule has 1 aromatic carbocycles. The highest BCUT2D eigenvalue weighted by Gasteiger charge is 2.33. The number of carbonyl (C=O) groups is 2. The average molecular weight is 398 g/mol. The summed E-state index contributed by atoms with van der Waals surface area (Å²) in [5.74, 6) is -1.45. The van der Waals surface area contributed by atoms with E-state index in [9.17, 15) is 27.2 Å². The molecule has 0 aliphatic carbocycles. The molecule has 6 nitrogen and oxygen atoms in total. The van der Waals surface area contributed by atoms with Gasteiger partial charge in [0.1, 0.15) is 12.4 Å². The number of aromatic nitrogens is 2. The third-order valence-electron chi connectivity index (χ3n) is 4.49. The molecule has 2 heterocycles. The molecule has 0 spiro atoms. The van der Waals surface area contributed by atoms with Gasteiger partial charge in [0.05, 0.1) is 5.56 Å². The second kappa shape index (κ2) is 7.99. The zero-order valence-electron chi connectivity index (χ0n) is 14.7. The fraction of sp³-hybridized carbons (Fsp3) is 0.389. The Bertz CT molecular complexity index is 857. The summed E-state index contributed by atoms with van der Waals surface area (Å²) in [6, 6.07) is 6.33. The molecule has 1 saturated heterocycles. The van der Waals surface area contributed by atoms with Gasteiger partial charge in [0, 0.05) is 25.3 Å². The summed E-state index contributed by atoms with van der Waals surface area (Å²) in [4.78, 5) is 25.9. The van der Waals surface area contributed by atoms with E-state index >= 15 is 0 Å². The molecule has 10 heteroatoms. The highest BCUT2D eigenvalue weighted by atomic mass is 19.4. The highest BCUT2D eigenvalue weighted by Crippen LogP contribution is 2.27. The number of piperidine rings is 1. The Morgan fingerprint density at radius 1 is 1.14 bits per heavy atom. The highest BCUT2D eigenvalue weighted by molar-refractivity contribution is 5.94. The molecule has 150 valence electrons. The fourth-order valence-corrected chi connectivity index (χ4v) is 3.05. The number of carbonyl (C=O) groups excluding carboxylic acids is 2. The largest absolute Gasteiger partial charge is 0.435 e. The minimum absolute atomic E-state index is 0.00383. The SMILES string of the molecule is O=C(Cn1ccc(C(F)(F)F)n1)NC1CCN(C(=O)c2ccccc2F)CC1. The molecule has 1 fully saturated rings. The molecular formula is C18H18F4N4O2. The zero-order valence-corrected chi connectivity index (χ0v) is 14.7. The Balaban J connectivity index is 1.49. The predicted molar refractivity (Wildman–Crippen MR) is 90.7 cm³/mol. The Morgan fingerprint density at radius 2 is 1.82 bits per heavy atom. The van der Waals surface area contributed by atoms with Crippen LogP contribution in [-0.2, 0) is 17.5 Å². The van der Waals surface area contributed by atoms with Crippen molar-refractivity contribution in [1.82, 2.24) is 20.0 Å². The molecule has 1 N–H and O–H groups in total. The van der Waals surface area contributed by atoms with E-state index in [-0.39, 0.29) is 18.2 Å². The van der Waals surface area contributed by atoms with E-state index in [0.29, 0.717) is 25.9 Å². The standard InChI is InChI=1S/C18H18F4N4O2/c19-14-4-2-1-3-13(14)17(28)25-8-5-12(6-9-25)23-16(27)11-26-10-7-15(24-26)18(20,21)22/h1-4,7,10,12H,5-6,8-9,11H2,(H,23,27). The summed E-state index contributed by atoms with van der Waals surface area (Å²) in [5.41, 5.74) is -1.05. The number of benzene rings is 1. The molecule has 0 unspecified atom stereocenters. The lowest BCUT2D eigenvalue weighted by Crippen LogP contribution is -2.47. The number of hydrogen-bond acceptors (Lipinski definition) is 3. The van der Waals surface area contributed by atoms with Gasteiger partial charge in [0.25, 0.3) is 5.91 Å². The predicted octanol–water partition coefficient (Wildman–Crippen LogP) is 2.46. The first-order valence-corrected chi connectivity index (χ1v) is 8.68. The van der Waals surface area contributed by atoms with Crippen LogP contribution in [0.2, 0.25) is 0 Å². The lowest BCUT2D eigenvalue weighted by atomic mass is 10.0. The number of halogens is 4. The van der Waals surface area contributed by atoms with E-state index in [0.717, 1.165) is 16.9 Å². The van der Waals surface area contributed by atoms with E-state index in [1.807, 2.05) is 0 Å². The second-order valence-electron chi connectivity index (χ2n) is 6.51. The Labute approximate surface area is 158 Å². The van der Waals surface area contributed by atoms with Crippen LogP contribution in [-0.4, -0.2) is 45.6 Å². The third kappa shape index (κ3) is 4.68. The second-order valence-corrected chi connectivity index (χ2v) is 6.51. The van der Waals surface area contributed by atoms with Crippen LogP contribution in [0.1, 0.15) is 28.9 Å². The first kappa shape index (κ1) is 19.8. The molecule has 1 aliphatic rings. The van der Waals surface area contributed by atoms with Gasteiger partial charge in [-0.2, -0.15) is 18.3 Å². The van der Waals surface area contributed by atoms with Gasteiger partial charge in [0.15, 0.2) is 5.69 Å². The van der Waals surface area contributed by atoms with Crippen LogP contribution < -0.4 is 5.32 Å². The van der Waals surface area contributed by atoms with Gasteiger partial charge in [-0.15, -0.1) is 0 Å². The number of rotatable bonds is 4. The zero-order chi connectivity index (χ0) is 20.3. The molecule has 2 amide bonds. The van der Waals surface area contributed by atoms with Crippen LogP contribution in [0.4, 0.5) is 17.6 Å². The van der Waals surface area contributed by atoms with E-state index in [4.69, 9.17) is 0 Å². The fourth-order valence-electron chi connectivity index (χ4n) is 3.05. The van der Waals surface area contributed by atoms with Crippen molar-refractivity contribution in [3.8, 4) is 0 Å². The summed E-state index contributed by atoms with van der Waals surface area (Å²) >= 11 is 0. The number of likely N-dealkylation sites (tertiary alicyclic amines) is 1. The van der Waals surface area contributed by atoms with Crippen molar-refractivity contribution in [2.45, 2.75) is 31.6 Å². The average Bonchev–Trinajstić information content (AvgIpc) is 3.11. The number of amides is 2. The van der Waals surface area contributed by atoms with Crippen LogP contribution >= 0.6 is 0 Å². The third-order valence-corrected chi connectivity index (χ3v) is 4.49. The smallest absolute Gasteiger partial charge is 0.352 e. The van der Waals surface area contributed by atoms with Crippen LogP contribution in [0.15, 0.2) is 36.5 Å². The Morgan fingerprint density at radius 3 is 2.43 bits per heavy atom. The first-order valence-electron chi connectivity index (χ1n) is 8.68. The molecule has 0 bridgehead atoms. The van der Waals surface area contributed by atoms with Crippen molar-refractivity contribution in [1.29, 1.82) is 0 Å². The van der Waals surface area contributed by atoms with Crippen molar-refractivity contribution in [3.63, 3.8) is 0 Å². The molecule has 0 atom stereocenters. The lowest BCUT2D eigenvalue weighted by molar-refractivity contribution is -0.141. The van der Waals surface area contributed by atoms with Gasteiger partial charge in [-0.05, 0) is 31.0 Å². The molecule has 28 heavy (non-hydrogen) atoms. The van der Waals surface area contributed by atoms with Crippen LogP contribution in [0.25, 0.3) is 0 Å². The molecule has 0 radical (unpaired) electrons. The van der Waals surface area contributed by atoms with Crippen molar-refractivity contribution in [2.24, 2.45) is 0 Å². The van der Waals surface area contributed by atoms with Crippen molar-refractivity contribution in [3.05, 3.63) is 53.6 Å². The van der Waals surface area contributed by atoms with Crippen LogP contribution in [0, 0.1) is 5.82 Å². The van der Waals surface area contributed by atoms with E-state index in [1.165, 1.54) is 23.1 Å². The van der Waals surface area contributed by atoms with Crippen molar-refractivity contribution >= 4 is 11.8 Å². The summed E-state index contributed by atoms with van der Waals surface area (Å²) in [7, 11) is 0. The maximum Gasteiger partial charge on any atom is 0.435 e. The number of nitrogens with zero attached hydrogens (tertiary/aromatic N) is 3. The first-order chi connectivity index (χ1) is 13.2. The topological polar surface area (TPSA) is 67.2 Å². The minimum Gasteiger partial charge on any atom is -0.352 e. The van der Waals surface area contributed by atoms with Gasteiger partial charge < -0.3 is 10.2 Å². The van der Waals surface area contributed by atoms with Crippen LogP contribution in [0.3, 0.4) is 0 Å². The molecular weight excluding hydrogens is 380 g/mol. The summed E-state index contributed by atoms with van der Waals surface area (Å²) in [6.45, 7) is 0.362. The quantitative estimate of drug-likeness (QED) is 0.805. The molecule has 3 rings (SSSR count). The van der Waals surface area contributed by atoms with Crippen molar-refractivity contribution in [2.75, 3.05) is 13.1 Å². The number of hydrogen-bond donors (Lipinski definition) is 1. The van der Waals surface area contributed by atoms with E-state index < -0.39 is 29.5 Å². The van der Waals surface area contributed by atoms with Crippen molar-refractivity contribution < 1.29 is 27.2 Å². The van der Waals surface area contributed by atoms with Gasteiger partial charge in [-0.1, -0.05) is 12.1 Å². The molecule has 1 aliphatic heterocycles. The summed E-state index contributed by atoms with van der Waals surface area (Å²) in [5, 5.41) is 6.07. The van der Waals surface area contributed by atoms with Gasteiger partial charge in [-0.3, -0.25) is 14.3 Å². The minimum atomic E-state index is -4.56. The van der Waals surface area contributed by atoms with Crippen LogP contribution in [0.5, 0.6) is 0 Å². The van der Waals surface area contributed by atoms with Gasteiger partial charge >= 0.3 is 6.18 Å².